The maximum atomic E-state index is 2.56. The van der Waals surface area contributed by atoms with Crippen molar-refractivity contribution in [1.82, 2.24) is 0 Å². The molecular weight excluding hydrogens is 276 g/mol. The average Bonchev–Trinajstić information content (AvgIpc) is 2.74. The van der Waals surface area contributed by atoms with Crippen molar-refractivity contribution in [3.63, 3.8) is 0 Å². The lowest BCUT2D eigenvalue weighted by atomic mass is 9.47. The van der Waals surface area contributed by atoms with Crippen molar-refractivity contribution in [2.45, 2.75) is 74.7 Å². The molecule has 0 aliphatic heterocycles. The molecule has 3 rings (SSSR count). The van der Waals surface area contributed by atoms with E-state index in [1.165, 1.54) is 6.42 Å². The molecular formula is C23H42. The standard InChI is InChI=1S/C23H42/c1-9-17(12(2)3)19-11-20(21(19)13(4)5)18-10-14(6)22-15(7)16(8)23(18)22/h12-23H,9-11H2,1-8H3. The van der Waals surface area contributed by atoms with Crippen LogP contribution in [0.15, 0.2) is 0 Å². The summed E-state index contributed by atoms with van der Waals surface area (Å²) in [5, 5.41) is 0. The number of hydrogen-bond acceptors (Lipinski definition) is 0. The van der Waals surface area contributed by atoms with Crippen LogP contribution in [0.3, 0.4) is 0 Å². The van der Waals surface area contributed by atoms with Gasteiger partial charge in [0.1, 0.15) is 0 Å². The molecule has 0 heterocycles. The van der Waals surface area contributed by atoms with Gasteiger partial charge in [0.05, 0.1) is 0 Å². The van der Waals surface area contributed by atoms with E-state index in [4.69, 9.17) is 0 Å². The van der Waals surface area contributed by atoms with Crippen molar-refractivity contribution in [2.24, 2.45) is 71.0 Å². The van der Waals surface area contributed by atoms with E-state index in [-0.39, 0.29) is 0 Å². The smallest absolute Gasteiger partial charge is 0.0321 e. The summed E-state index contributed by atoms with van der Waals surface area (Å²) in [7, 11) is 0. The molecule has 0 bridgehead atoms. The first-order chi connectivity index (χ1) is 10.8. The molecule has 23 heavy (non-hydrogen) atoms. The molecule has 10 unspecified atom stereocenters. The minimum atomic E-state index is 0.866. The number of rotatable bonds is 5. The van der Waals surface area contributed by atoms with Crippen molar-refractivity contribution in [3.05, 3.63) is 0 Å². The van der Waals surface area contributed by atoms with Crippen LogP contribution in [-0.4, -0.2) is 0 Å². The Bertz CT molecular complexity index is 408. The predicted octanol–water partition coefficient (Wildman–Crippen LogP) is 6.75. The lowest BCUT2D eigenvalue weighted by molar-refractivity contribution is -0.101. The molecule has 0 spiro atoms. The van der Waals surface area contributed by atoms with Crippen LogP contribution in [0.5, 0.6) is 0 Å². The van der Waals surface area contributed by atoms with E-state index in [9.17, 15) is 0 Å². The highest BCUT2D eigenvalue weighted by molar-refractivity contribution is 5.09. The van der Waals surface area contributed by atoms with Crippen molar-refractivity contribution >= 4 is 0 Å². The zero-order valence-corrected chi connectivity index (χ0v) is 17.0. The molecule has 0 heteroatoms. The van der Waals surface area contributed by atoms with Crippen LogP contribution in [0.4, 0.5) is 0 Å². The average molecular weight is 319 g/mol. The lowest BCUT2D eigenvalue weighted by Gasteiger charge is -2.58. The normalized spacial score (nSPS) is 50.6. The van der Waals surface area contributed by atoms with Crippen molar-refractivity contribution in [1.29, 1.82) is 0 Å². The van der Waals surface area contributed by atoms with Crippen LogP contribution >= 0.6 is 0 Å². The maximum absolute atomic E-state index is 2.56. The summed E-state index contributed by atoms with van der Waals surface area (Å²) in [6, 6.07) is 0. The van der Waals surface area contributed by atoms with Gasteiger partial charge in [-0.3, -0.25) is 0 Å². The SMILES string of the molecule is CCC(C(C)C)C1CC(C2CC(C)C3C(C)C(C)C23)C1C(C)C. The van der Waals surface area contributed by atoms with Gasteiger partial charge in [-0.25, -0.2) is 0 Å². The molecule has 3 aliphatic carbocycles. The van der Waals surface area contributed by atoms with Gasteiger partial charge >= 0.3 is 0 Å². The molecule has 0 aromatic heterocycles. The Labute approximate surface area is 146 Å². The zero-order chi connectivity index (χ0) is 17.0. The van der Waals surface area contributed by atoms with E-state index in [0.717, 1.165) is 71.0 Å². The first kappa shape index (κ1) is 17.8. The van der Waals surface area contributed by atoms with E-state index in [2.05, 4.69) is 55.4 Å². The summed E-state index contributed by atoms with van der Waals surface area (Å²) in [5.74, 6) is 12.0. The van der Waals surface area contributed by atoms with Gasteiger partial charge in [0.2, 0.25) is 0 Å². The van der Waals surface area contributed by atoms with E-state index < -0.39 is 0 Å². The van der Waals surface area contributed by atoms with Crippen LogP contribution in [0.2, 0.25) is 0 Å². The Balaban J connectivity index is 1.74. The second-order valence-corrected chi connectivity index (χ2v) is 10.5. The Morgan fingerprint density at radius 2 is 1.43 bits per heavy atom. The molecule has 0 aromatic rings. The fourth-order valence-electron chi connectivity index (χ4n) is 7.96. The van der Waals surface area contributed by atoms with Gasteiger partial charge in [-0.15, -0.1) is 0 Å². The summed E-state index contributed by atoms with van der Waals surface area (Å²) in [6.45, 7) is 20.0. The zero-order valence-electron chi connectivity index (χ0n) is 17.0. The van der Waals surface area contributed by atoms with Crippen LogP contribution < -0.4 is 0 Å². The van der Waals surface area contributed by atoms with E-state index >= 15 is 0 Å². The largest absolute Gasteiger partial charge is 0.0651 e. The number of hydrogen-bond donors (Lipinski definition) is 0. The monoisotopic (exact) mass is 318 g/mol. The summed E-state index contributed by atoms with van der Waals surface area (Å²) >= 11 is 0. The predicted molar refractivity (Wildman–Crippen MR) is 101 cm³/mol. The minimum Gasteiger partial charge on any atom is -0.0651 e. The summed E-state index contributed by atoms with van der Waals surface area (Å²) in [4.78, 5) is 0. The second kappa shape index (κ2) is 6.38. The van der Waals surface area contributed by atoms with E-state index in [0.29, 0.717) is 0 Å². The molecule has 0 saturated heterocycles. The molecule has 0 nitrogen and oxygen atoms in total. The lowest BCUT2D eigenvalue weighted by Crippen LogP contribution is -2.52. The summed E-state index contributed by atoms with van der Waals surface area (Å²) in [6.07, 6.45) is 4.49. The Morgan fingerprint density at radius 1 is 0.826 bits per heavy atom. The molecule has 134 valence electrons. The van der Waals surface area contributed by atoms with Crippen LogP contribution in [0.25, 0.3) is 0 Å². The molecule has 10 atom stereocenters. The van der Waals surface area contributed by atoms with Gasteiger partial charge < -0.3 is 0 Å². The molecule has 0 N–H and O–H groups in total. The van der Waals surface area contributed by atoms with Gasteiger partial charge in [0.15, 0.2) is 0 Å². The Hall–Kier alpha value is 0. The third kappa shape index (κ3) is 2.62. The van der Waals surface area contributed by atoms with Gasteiger partial charge in [-0.05, 0) is 83.9 Å². The molecule has 0 amide bonds. The number of fused-ring (bicyclic) bond motifs is 1. The van der Waals surface area contributed by atoms with Crippen molar-refractivity contribution in [3.8, 4) is 0 Å². The third-order valence-corrected chi connectivity index (χ3v) is 9.01. The highest BCUT2D eigenvalue weighted by atomic mass is 14.7. The Kier molecular flexibility index (Phi) is 4.94. The van der Waals surface area contributed by atoms with Crippen LogP contribution in [-0.2, 0) is 0 Å². The summed E-state index contributed by atoms with van der Waals surface area (Å²) in [5.41, 5.74) is 0. The topological polar surface area (TPSA) is 0 Å². The highest BCUT2D eigenvalue weighted by Crippen LogP contribution is 2.66. The highest BCUT2D eigenvalue weighted by Gasteiger charge is 2.61. The van der Waals surface area contributed by atoms with Crippen LogP contribution in [0, 0.1) is 71.0 Å². The Morgan fingerprint density at radius 3 is 1.96 bits per heavy atom. The van der Waals surface area contributed by atoms with E-state index in [1.807, 2.05) is 0 Å². The maximum Gasteiger partial charge on any atom is -0.0321 e. The molecule has 0 radical (unpaired) electrons. The first-order valence-corrected chi connectivity index (χ1v) is 10.8. The molecule has 0 aromatic carbocycles. The summed E-state index contributed by atoms with van der Waals surface area (Å²) < 4.78 is 0. The van der Waals surface area contributed by atoms with Crippen molar-refractivity contribution < 1.29 is 0 Å². The molecule has 3 fully saturated rings. The first-order valence-electron chi connectivity index (χ1n) is 10.8. The van der Waals surface area contributed by atoms with Crippen molar-refractivity contribution in [2.75, 3.05) is 0 Å². The quantitative estimate of drug-likeness (QED) is 0.526. The fraction of sp³-hybridized carbons (Fsp3) is 1.00. The minimum absolute atomic E-state index is 0.866. The second-order valence-electron chi connectivity index (χ2n) is 10.5. The van der Waals surface area contributed by atoms with Gasteiger partial charge in [-0.1, -0.05) is 61.8 Å². The fourth-order valence-corrected chi connectivity index (χ4v) is 7.96. The molecule has 3 aliphatic rings. The molecule has 3 saturated carbocycles. The third-order valence-electron chi connectivity index (χ3n) is 9.01. The van der Waals surface area contributed by atoms with E-state index in [1.54, 1.807) is 12.8 Å². The van der Waals surface area contributed by atoms with Crippen LogP contribution in [0.1, 0.15) is 74.7 Å². The van der Waals surface area contributed by atoms with Gasteiger partial charge in [0, 0.05) is 0 Å². The van der Waals surface area contributed by atoms with Gasteiger partial charge in [-0.2, -0.15) is 0 Å². The van der Waals surface area contributed by atoms with Gasteiger partial charge in [0.25, 0.3) is 0 Å².